The standard InChI is InChI=1S/C51H46N2O7/c1-3-12-47(59-34(2)55)50-49(44-32-42(58-28-11-27-54)25-26-45(44)53(50)48(56)30-35-19-20-37-15-7-8-16-40(37)29-35)52(33-43-31-41-17-9-10-18-46(41)60-43)51(57)39-23-21-38(22-24-39)36-13-5-4-6-14-36/h3-10,13-26,29,31-32,47,49-50,54H,1,11-12,27-28,30,33H2,2H3/t47?,49-,50+/m0/s1. The van der Waals surface area contributed by atoms with Gasteiger partial charge in [-0.15, -0.1) is 6.58 Å². The lowest BCUT2D eigenvalue weighted by Crippen LogP contribution is -2.53. The zero-order chi connectivity index (χ0) is 41.6. The molecule has 302 valence electrons. The number of aliphatic hydroxyl groups excluding tert-OH is 1. The van der Waals surface area contributed by atoms with Gasteiger partial charge in [-0.3, -0.25) is 14.4 Å². The summed E-state index contributed by atoms with van der Waals surface area (Å²) in [6.45, 7) is 5.58. The molecular formula is C51H46N2O7. The van der Waals surface area contributed by atoms with Gasteiger partial charge in [0, 0.05) is 48.6 Å². The van der Waals surface area contributed by atoms with Crippen molar-refractivity contribution < 1.29 is 33.4 Å². The number of anilines is 1. The van der Waals surface area contributed by atoms with E-state index in [1.165, 1.54) is 6.92 Å². The Labute approximate surface area is 349 Å². The number of carbonyl (C=O) groups excluding carboxylic acids is 3. The van der Waals surface area contributed by atoms with Gasteiger partial charge in [-0.25, -0.2) is 0 Å². The van der Waals surface area contributed by atoms with Crippen LogP contribution >= 0.6 is 0 Å². The van der Waals surface area contributed by atoms with Crippen molar-refractivity contribution in [2.24, 2.45) is 0 Å². The van der Waals surface area contributed by atoms with Gasteiger partial charge in [0.15, 0.2) is 0 Å². The van der Waals surface area contributed by atoms with Crippen LogP contribution in [0.3, 0.4) is 0 Å². The van der Waals surface area contributed by atoms with E-state index in [9.17, 15) is 9.90 Å². The Morgan fingerprint density at radius 2 is 1.53 bits per heavy atom. The Bertz CT molecular complexity index is 2620. The van der Waals surface area contributed by atoms with E-state index in [2.05, 4.69) is 6.58 Å². The van der Waals surface area contributed by atoms with E-state index < -0.39 is 24.2 Å². The monoisotopic (exact) mass is 798 g/mol. The van der Waals surface area contributed by atoms with Crippen molar-refractivity contribution in [1.82, 2.24) is 4.90 Å². The van der Waals surface area contributed by atoms with Crippen LogP contribution in [0, 0.1) is 0 Å². The molecule has 6 aromatic carbocycles. The molecule has 8 rings (SSSR count). The summed E-state index contributed by atoms with van der Waals surface area (Å²) in [6.07, 6.45) is 1.43. The van der Waals surface area contributed by atoms with Crippen LogP contribution in [0.25, 0.3) is 32.9 Å². The Hall–Kier alpha value is -6.97. The van der Waals surface area contributed by atoms with Crippen molar-refractivity contribution in [1.29, 1.82) is 0 Å². The van der Waals surface area contributed by atoms with Crippen molar-refractivity contribution >= 4 is 45.2 Å². The minimum absolute atomic E-state index is 0.0255. The van der Waals surface area contributed by atoms with Crippen LogP contribution in [-0.4, -0.2) is 53.1 Å². The molecule has 1 aliphatic rings. The molecule has 0 fully saturated rings. The minimum Gasteiger partial charge on any atom is -0.493 e. The normalized spacial score (nSPS) is 15.1. The number of esters is 1. The fourth-order valence-corrected chi connectivity index (χ4v) is 8.27. The molecule has 0 aliphatic carbocycles. The first-order valence-corrected chi connectivity index (χ1v) is 20.2. The molecule has 9 nitrogen and oxygen atoms in total. The molecule has 1 aliphatic heterocycles. The molecule has 0 saturated carbocycles. The number of aliphatic hydroxyl groups is 1. The predicted molar refractivity (Wildman–Crippen MR) is 234 cm³/mol. The van der Waals surface area contributed by atoms with E-state index in [1.807, 2.05) is 140 Å². The van der Waals surface area contributed by atoms with E-state index in [-0.39, 0.29) is 44.4 Å². The van der Waals surface area contributed by atoms with E-state index >= 15 is 9.59 Å². The molecule has 60 heavy (non-hydrogen) atoms. The quantitative estimate of drug-likeness (QED) is 0.0625. The largest absolute Gasteiger partial charge is 0.493 e. The molecule has 0 spiro atoms. The van der Waals surface area contributed by atoms with Crippen molar-refractivity contribution in [3.8, 4) is 16.9 Å². The lowest BCUT2D eigenvalue weighted by Gasteiger charge is -2.39. The third-order valence-corrected chi connectivity index (χ3v) is 10.9. The van der Waals surface area contributed by atoms with Gasteiger partial charge in [0.05, 0.1) is 31.7 Å². The van der Waals surface area contributed by atoms with Crippen LogP contribution < -0.4 is 9.64 Å². The highest BCUT2D eigenvalue weighted by Crippen LogP contribution is 2.48. The molecule has 9 heteroatoms. The fraction of sp³-hybridized carbons (Fsp3) is 0.196. The van der Waals surface area contributed by atoms with Crippen LogP contribution in [0.5, 0.6) is 5.75 Å². The number of carbonyl (C=O) groups is 3. The van der Waals surface area contributed by atoms with Gasteiger partial charge in [0.1, 0.15) is 23.2 Å². The zero-order valence-electron chi connectivity index (χ0n) is 33.4. The van der Waals surface area contributed by atoms with Crippen LogP contribution in [-0.2, 0) is 27.3 Å². The Kier molecular flexibility index (Phi) is 11.9. The lowest BCUT2D eigenvalue weighted by atomic mass is 9.93. The average Bonchev–Trinajstić information content (AvgIpc) is 3.84. The second kappa shape index (κ2) is 17.9. The highest BCUT2D eigenvalue weighted by Gasteiger charge is 2.50. The van der Waals surface area contributed by atoms with Gasteiger partial charge in [-0.2, -0.15) is 0 Å². The summed E-state index contributed by atoms with van der Waals surface area (Å²) in [5.74, 6) is -0.0389. The molecule has 3 atom stereocenters. The van der Waals surface area contributed by atoms with Gasteiger partial charge in [0.2, 0.25) is 5.91 Å². The maximum Gasteiger partial charge on any atom is 0.302 e. The summed E-state index contributed by atoms with van der Waals surface area (Å²) in [5, 5.41) is 12.5. The molecule has 1 unspecified atom stereocenters. The maximum absolute atomic E-state index is 15.3. The summed E-state index contributed by atoms with van der Waals surface area (Å²) in [7, 11) is 0. The molecule has 0 saturated heterocycles. The topological polar surface area (TPSA) is 110 Å². The first-order valence-electron chi connectivity index (χ1n) is 20.2. The Morgan fingerprint density at radius 1 is 0.817 bits per heavy atom. The molecule has 2 heterocycles. The van der Waals surface area contributed by atoms with Crippen molar-refractivity contribution in [2.45, 2.75) is 50.9 Å². The van der Waals surface area contributed by atoms with Gasteiger partial charge in [-0.05, 0) is 69.9 Å². The molecule has 0 radical (unpaired) electrons. The number of ether oxygens (including phenoxy) is 2. The summed E-state index contributed by atoms with van der Waals surface area (Å²) in [4.78, 5) is 46.7. The second-order valence-electron chi connectivity index (χ2n) is 15.0. The first-order chi connectivity index (χ1) is 29.3. The number of rotatable bonds is 15. The van der Waals surface area contributed by atoms with E-state index in [0.717, 1.165) is 32.8 Å². The summed E-state index contributed by atoms with van der Waals surface area (Å²) in [6, 6.07) is 44.6. The van der Waals surface area contributed by atoms with Crippen molar-refractivity contribution in [2.75, 3.05) is 18.1 Å². The Balaban J connectivity index is 1.29. The number of hydrogen-bond donors (Lipinski definition) is 1. The third-order valence-electron chi connectivity index (χ3n) is 10.9. The highest BCUT2D eigenvalue weighted by atomic mass is 16.5. The molecule has 7 aromatic rings. The fourth-order valence-electron chi connectivity index (χ4n) is 8.27. The molecule has 0 bridgehead atoms. The number of amides is 2. The van der Waals surface area contributed by atoms with E-state index in [1.54, 1.807) is 21.9 Å². The summed E-state index contributed by atoms with van der Waals surface area (Å²) in [5.41, 5.74) is 5.09. The van der Waals surface area contributed by atoms with Gasteiger partial charge >= 0.3 is 5.97 Å². The summed E-state index contributed by atoms with van der Waals surface area (Å²) < 4.78 is 18.6. The van der Waals surface area contributed by atoms with Gasteiger partial charge in [-0.1, -0.05) is 109 Å². The smallest absolute Gasteiger partial charge is 0.302 e. The number of nitrogens with zero attached hydrogens (tertiary/aromatic N) is 2. The molecular weight excluding hydrogens is 753 g/mol. The zero-order valence-corrected chi connectivity index (χ0v) is 33.4. The van der Waals surface area contributed by atoms with E-state index in [0.29, 0.717) is 40.3 Å². The minimum atomic E-state index is -0.900. The van der Waals surface area contributed by atoms with Crippen LogP contribution in [0.15, 0.2) is 163 Å². The second-order valence-corrected chi connectivity index (χ2v) is 15.0. The first kappa shape index (κ1) is 39.8. The number of furan rings is 1. The lowest BCUT2D eigenvalue weighted by molar-refractivity contribution is -0.148. The van der Waals surface area contributed by atoms with Gasteiger partial charge in [0.25, 0.3) is 5.91 Å². The van der Waals surface area contributed by atoms with Crippen molar-refractivity contribution in [3.05, 3.63) is 181 Å². The molecule has 1 aromatic heterocycles. The maximum atomic E-state index is 15.3. The van der Waals surface area contributed by atoms with E-state index in [4.69, 9.17) is 13.9 Å². The van der Waals surface area contributed by atoms with Crippen LogP contribution in [0.2, 0.25) is 0 Å². The number of para-hydroxylation sites is 1. The van der Waals surface area contributed by atoms with Gasteiger partial charge < -0.3 is 28.8 Å². The highest BCUT2D eigenvalue weighted by molar-refractivity contribution is 6.00. The average molecular weight is 799 g/mol. The SMILES string of the molecule is C=CCC(OC(C)=O)[C@@H]1[C@@H](N(Cc2cc3ccccc3o2)C(=O)c2ccc(-c3ccccc3)cc2)c2cc(OCCCO)ccc2N1C(=O)Cc1ccc2ccccc2c1. The van der Waals surface area contributed by atoms with Crippen LogP contribution in [0.4, 0.5) is 5.69 Å². The Morgan fingerprint density at radius 3 is 2.27 bits per heavy atom. The number of benzene rings is 6. The summed E-state index contributed by atoms with van der Waals surface area (Å²) >= 11 is 0. The van der Waals surface area contributed by atoms with Crippen LogP contribution in [0.1, 0.15) is 53.1 Å². The third kappa shape index (κ3) is 8.44. The molecule has 1 N–H and O–H groups in total. The number of fused-ring (bicyclic) bond motifs is 3. The molecule has 2 amide bonds. The predicted octanol–water partition coefficient (Wildman–Crippen LogP) is 9.86. The van der Waals surface area contributed by atoms with Crippen molar-refractivity contribution in [3.63, 3.8) is 0 Å². The number of hydrogen-bond acceptors (Lipinski definition) is 7.